The molecule has 1 aromatic carbocycles. The van der Waals surface area contributed by atoms with Gasteiger partial charge in [0.05, 0.1) is 11.3 Å². The fraction of sp³-hybridized carbons (Fsp3) is 0.0714. The molecule has 0 atom stereocenters. The number of halogens is 4. The number of hydrogen-bond donors (Lipinski definition) is 1. The number of hydrogen-bond acceptors (Lipinski definition) is 3. The van der Waals surface area contributed by atoms with Gasteiger partial charge in [-0.05, 0) is 40.2 Å². The Bertz CT molecular complexity index is 858. The molecule has 1 heterocycles. The number of carbonyl (C=O) groups is 2. The van der Waals surface area contributed by atoms with E-state index in [-0.39, 0.29) is 22.1 Å². The smallest absolute Gasteiger partial charge is 0.416 e. The van der Waals surface area contributed by atoms with Crippen LogP contribution in [0.5, 0.6) is 0 Å². The van der Waals surface area contributed by atoms with Crippen molar-refractivity contribution in [3.63, 3.8) is 0 Å². The molecular weight excluding hydrogens is 383 g/mol. The van der Waals surface area contributed by atoms with E-state index in [0.29, 0.717) is 10.6 Å². The lowest BCUT2D eigenvalue weighted by molar-refractivity contribution is -0.137. The molecule has 0 spiro atoms. The van der Waals surface area contributed by atoms with Gasteiger partial charge < -0.3 is 5.11 Å². The highest BCUT2D eigenvalue weighted by atomic mass is 79.9. The van der Waals surface area contributed by atoms with E-state index in [1.807, 2.05) is 0 Å². The largest absolute Gasteiger partial charge is 0.477 e. The number of carboxylic acid groups (broad SMARTS) is 1. The lowest BCUT2D eigenvalue weighted by Gasteiger charge is -2.14. The van der Waals surface area contributed by atoms with E-state index < -0.39 is 28.8 Å². The third-order valence-corrected chi connectivity index (χ3v) is 3.60. The van der Waals surface area contributed by atoms with Crippen LogP contribution in [0.3, 0.4) is 0 Å². The van der Waals surface area contributed by atoms with Gasteiger partial charge in [-0.1, -0.05) is 6.07 Å². The molecule has 0 amide bonds. The van der Waals surface area contributed by atoms with Gasteiger partial charge in [0.15, 0.2) is 6.29 Å². The van der Waals surface area contributed by atoms with Gasteiger partial charge in [-0.25, -0.2) is 4.79 Å². The highest BCUT2D eigenvalue weighted by molar-refractivity contribution is 9.10. The van der Waals surface area contributed by atoms with Gasteiger partial charge in [0.2, 0.25) is 0 Å². The Morgan fingerprint density at radius 2 is 1.91 bits per heavy atom. The zero-order chi connectivity index (χ0) is 17.4. The molecular formula is C14H7BrF3NO4. The second-order valence-corrected chi connectivity index (χ2v) is 5.26. The predicted octanol–water partition coefficient (Wildman–Crippen LogP) is 3.13. The molecule has 5 nitrogen and oxygen atoms in total. The summed E-state index contributed by atoms with van der Waals surface area (Å²) in [5, 5.41) is 9.01. The molecule has 23 heavy (non-hydrogen) atoms. The molecule has 0 unspecified atom stereocenters. The van der Waals surface area contributed by atoms with Crippen LogP contribution in [-0.2, 0) is 6.18 Å². The minimum absolute atomic E-state index is 0.0260. The standard InChI is InChI=1S/C14H7BrF3NO4/c15-10-5-9(13(22)23)12(21)19(11(10)6-20)8-3-1-2-7(4-8)14(16,17)18/h1-6H,(H,22,23). The third-order valence-electron chi connectivity index (χ3n) is 2.96. The van der Waals surface area contributed by atoms with E-state index in [0.717, 1.165) is 18.2 Å². The van der Waals surface area contributed by atoms with Crippen molar-refractivity contribution in [1.82, 2.24) is 4.57 Å². The molecule has 0 fully saturated rings. The van der Waals surface area contributed by atoms with Gasteiger partial charge in [0.1, 0.15) is 11.3 Å². The topological polar surface area (TPSA) is 76.4 Å². The van der Waals surface area contributed by atoms with Crippen molar-refractivity contribution in [1.29, 1.82) is 0 Å². The zero-order valence-corrected chi connectivity index (χ0v) is 12.7. The van der Waals surface area contributed by atoms with Crippen molar-refractivity contribution >= 4 is 28.2 Å². The first-order chi connectivity index (χ1) is 10.7. The van der Waals surface area contributed by atoms with E-state index in [1.54, 1.807) is 0 Å². The van der Waals surface area contributed by atoms with Crippen LogP contribution in [0.15, 0.2) is 39.6 Å². The summed E-state index contributed by atoms with van der Waals surface area (Å²) in [6.07, 6.45) is -4.40. The van der Waals surface area contributed by atoms with Crippen LogP contribution in [0.2, 0.25) is 0 Å². The molecule has 0 saturated heterocycles. The second-order valence-electron chi connectivity index (χ2n) is 4.40. The van der Waals surface area contributed by atoms with Crippen molar-refractivity contribution in [2.24, 2.45) is 0 Å². The summed E-state index contributed by atoms with van der Waals surface area (Å²) < 4.78 is 39.0. The zero-order valence-electron chi connectivity index (χ0n) is 11.1. The number of rotatable bonds is 3. The van der Waals surface area contributed by atoms with Gasteiger partial charge in [-0.3, -0.25) is 14.2 Å². The highest BCUT2D eigenvalue weighted by Crippen LogP contribution is 2.30. The maximum Gasteiger partial charge on any atom is 0.416 e. The fourth-order valence-electron chi connectivity index (χ4n) is 1.94. The van der Waals surface area contributed by atoms with E-state index in [9.17, 15) is 27.6 Å². The molecule has 2 rings (SSSR count). The Kier molecular flexibility index (Phi) is 4.42. The maximum atomic E-state index is 12.8. The average molecular weight is 390 g/mol. The van der Waals surface area contributed by atoms with Crippen LogP contribution in [0.1, 0.15) is 26.4 Å². The first-order valence-corrected chi connectivity index (χ1v) is 6.77. The Morgan fingerprint density at radius 3 is 2.43 bits per heavy atom. The van der Waals surface area contributed by atoms with Crippen LogP contribution < -0.4 is 5.56 Å². The number of nitrogens with zero attached hydrogens (tertiary/aromatic N) is 1. The summed E-state index contributed by atoms with van der Waals surface area (Å²) in [5.74, 6) is -1.56. The molecule has 0 aliphatic heterocycles. The predicted molar refractivity (Wildman–Crippen MR) is 77.1 cm³/mol. The molecule has 2 aromatic rings. The molecule has 0 aliphatic carbocycles. The Morgan fingerprint density at radius 1 is 1.26 bits per heavy atom. The monoisotopic (exact) mass is 389 g/mol. The summed E-state index contributed by atoms with van der Waals surface area (Å²) in [4.78, 5) is 34.5. The molecule has 9 heteroatoms. The number of pyridine rings is 1. The van der Waals surface area contributed by atoms with Gasteiger partial charge in [0, 0.05) is 4.47 Å². The van der Waals surface area contributed by atoms with Crippen molar-refractivity contribution in [3.05, 3.63) is 62.0 Å². The minimum Gasteiger partial charge on any atom is -0.477 e. The minimum atomic E-state index is -4.65. The molecule has 1 N–H and O–H groups in total. The van der Waals surface area contributed by atoms with Gasteiger partial charge in [0.25, 0.3) is 5.56 Å². The van der Waals surface area contributed by atoms with E-state index >= 15 is 0 Å². The fourth-order valence-corrected chi connectivity index (χ4v) is 2.44. The van der Waals surface area contributed by atoms with Gasteiger partial charge in [-0.2, -0.15) is 13.2 Å². The number of carboxylic acids is 1. The summed E-state index contributed by atoms with van der Waals surface area (Å²) in [5.41, 5.74) is -3.38. The van der Waals surface area contributed by atoms with E-state index in [1.165, 1.54) is 6.07 Å². The van der Waals surface area contributed by atoms with Gasteiger partial charge in [-0.15, -0.1) is 0 Å². The average Bonchev–Trinajstić information content (AvgIpc) is 2.47. The first-order valence-electron chi connectivity index (χ1n) is 5.98. The van der Waals surface area contributed by atoms with Gasteiger partial charge >= 0.3 is 12.1 Å². The first kappa shape index (κ1) is 16.9. The van der Waals surface area contributed by atoms with E-state index in [2.05, 4.69) is 15.9 Å². The quantitative estimate of drug-likeness (QED) is 0.818. The number of aromatic carboxylic acids is 1. The lowest BCUT2D eigenvalue weighted by Crippen LogP contribution is -2.28. The number of aldehydes is 1. The number of alkyl halides is 3. The summed E-state index contributed by atoms with van der Waals surface area (Å²) in [6, 6.07) is 4.61. The molecule has 1 aromatic heterocycles. The maximum absolute atomic E-state index is 12.8. The number of aromatic nitrogens is 1. The molecule has 120 valence electrons. The van der Waals surface area contributed by atoms with Crippen LogP contribution in [0, 0.1) is 0 Å². The summed E-state index contributed by atoms with van der Waals surface area (Å²) >= 11 is 2.94. The summed E-state index contributed by atoms with van der Waals surface area (Å²) in [6.45, 7) is 0. The Balaban J connectivity index is 2.85. The second kappa shape index (κ2) is 5.99. The van der Waals surface area contributed by atoms with Crippen LogP contribution in [-0.4, -0.2) is 21.9 Å². The number of benzene rings is 1. The van der Waals surface area contributed by atoms with Crippen molar-refractivity contribution < 1.29 is 27.9 Å². The third kappa shape index (κ3) is 3.19. The lowest BCUT2D eigenvalue weighted by atomic mass is 10.1. The highest BCUT2D eigenvalue weighted by Gasteiger charge is 2.31. The van der Waals surface area contributed by atoms with E-state index in [4.69, 9.17) is 5.11 Å². The molecule has 0 bridgehead atoms. The van der Waals surface area contributed by atoms with Crippen LogP contribution in [0.25, 0.3) is 5.69 Å². The van der Waals surface area contributed by atoms with Crippen LogP contribution in [0.4, 0.5) is 13.2 Å². The summed E-state index contributed by atoms with van der Waals surface area (Å²) in [7, 11) is 0. The van der Waals surface area contributed by atoms with Crippen LogP contribution >= 0.6 is 15.9 Å². The Labute approximate surface area is 135 Å². The van der Waals surface area contributed by atoms with Crippen molar-refractivity contribution in [3.8, 4) is 5.69 Å². The molecule has 0 radical (unpaired) electrons. The SMILES string of the molecule is O=Cc1c(Br)cc(C(=O)O)c(=O)n1-c1cccc(C(F)(F)F)c1. The normalized spacial score (nSPS) is 11.3. The number of carbonyl (C=O) groups excluding carboxylic acids is 1. The molecule has 0 aliphatic rings. The molecule has 0 saturated carbocycles. The Hall–Kier alpha value is -2.42. The van der Waals surface area contributed by atoms with Crippen molar-refractivity contribution in [2.45, 2.75) is 6.18 Å². The van der Waals surface area contributed by atoms with Crippen molar-refractivity contribution in [2.75, 3.05) is 0 Å².